The van der Waals surface area contributed by atoms with Gasteiger partial charge in [0.25, 0.3) is 0 Å². The Labute approximate surface area is 160 Å². The van der Waals surface area contributed by atoms with Gasteiger partial charge in [0, 0.05) is 31.9 Å². The molecule has 0 bridgehead atoms. The lowest BCUT2D eigenvalue weighted by Gasteiger charge is -2.26. The van der Waals surface area contributed by atoms with Crippen molar-refractivity contribution in [2.45, 2.75) is 6.61 Å². The number of ether oxygens (including phenoxy) is 2. The van der Waals surface area contributed by atoms with E-state index < -0.39 is 0 Å². The Morgan fingerprint density at radius 2 is 1.77 bits per heavy atom. The quantitative estimate of drug-likeness (QED) is 0.730. The zero-order chi connectivity index (χ0) is 18.0. The lowest BCUT2D eigenvalue weighted by atomic mass is 10.2. The molecule has 2 aromatic rings. The molecule has 0 aliphatic carbocycles. The van der Waals surface area contributed by atoms with Crippen molar-refractivity contribution in [2.75, 3.05) is 44.7 Å². The first kappa shape index (κ1) is 18.6. The van der Waals surface area contributed by atoms with Gasteiger partial charge in [-0.05, 0) is 42.0 Å². The molecule has 0 radical (unpaired) electrons. The molecule has 1 aliphatic heterocycles. The van der Waals surface area contributed by atoms with Crippen molar-refractivity contribution in [1.82, 2.24) is 10.2 Å². The monoisotopic (exact) mass is 371 g/mol. The maximum Gasteiger partial charge on any atom is 0.170 e. The summed E-state index contributed by atoms with van der Waals surface area (Å²) < 4.78 is 11.1. The SMILES string of the molecule is S=C(NCCN1CCOCC1)Nc1ccc(OCc2ccccc2)cc1. The minimum Gasteiger partial charge on any atom is -0.489 e. The fourth-order valence-corrected chi connectivity index (χ4v) is 2.92. The van der Waals surface area contributed by atoms with E-state index in [-0.39, 0.29) is 0 Å². The van der Waals surface area contributed by atoms with E-state index in [0.29, 0.717) is 11.7 Å². The molecular formula is C20H25N3O2S. The Balaban J connectivity index is 1.37. The van der Waals surface area contributed by atoms with E-state index in [1.54, 1.807) is 0 Å². The second kappa shape index (κ2) is 10.1. The number of thiocarbonyl (C=S) groups is 1. The first-order valence-electron chi connectivity index (χ1n) is 8.91. The van der Waals surface area contributed by atoms with Gasteiger partial charge in [-0.1, -0.05) is 30.3 Å². The maximum atomic E-state index is 5.79. The smallest absolute Gasteiger partial charge is 0.170 e. The zero-order valence-corrected chi connectivity index (χ0v) is 15.6. The third-order valence-corrected chi connectivity index (χ3v) is 4.42. The molecule has 2 aromatic carbocycles. The van der Waals surface area contributed by atoms with E-state index in [1.807, 2.05) is 42.5 Å². The highest BCUT2D eigenvalue weighted by Gasteiger charge is 2.09. The Kier molecular flexibility index (Phi) is 7.25. The highest BCUT2D eigenvalue weighted by Crippen LogP contribution is 2.17. The van der Waals surface area contributed by atoms with Crippen LogP contribution in [-0.4, -0.2) is 49.4 Å². The van der Waals surface area contributed by atoms with Crippen LogP contribution < -0.4 is 15.4 Å². The van der Waals surface area contributed by atoms with Gasteiger partial charge >= 0.3 is 0 Å². The van der Waals surface area contributed by atoms with Crippen LogP contribution in [0, 0.1) is 0 Å². The van der Waals surface area contributed by atoms with E-state index in [0.717, 1.165) is 56.4 Å². The molecule has 3 rings (SSSR count). The summed E-state index contributed by atoms with van der Waals surface area (Å²) >= 11 is 5.35. The highest BCUT2D eigenvalue weighted by atomic mass is 32.1. The van der Waals surface area contributed by atoms with E-state index in [1.165, 1.54) is 0 Å². The van der Waals surface area contributed by atoms with Crippen molar-refractivity contribution in [2.24, 2.45) is 0 Å². The zero-order valence-electron chi connectivity index (χ0n) is 14.8. The van der Waals surface area contributed by atoms with Gasteiger partial charge in [-0.3, -0.25) is 4.90 Å². The fraction of sp³-hybridized carbons (Fsp3) is 0.350. The number of nitrogens with one attached hydrogen (secondary N) is 2. The molecule has 2 N–H and O–H groups in total. The topological polar surface area (TPSA) is 45.8 Å². The molecule has 1 saturated heterocycles. The Hall–Kier alpha value is -2.15. The molecule has 0 aromatic heterocycles. The lowest BCUT2D eigenvalue weighted by molar-refractivity contribution is 0.0389. The number of rotatable bonds is 7. The number of nitrogens with zero attached hydrogens (tertiary/aromatic N) is 1. The molecule has 0 amide bonds. The van der Waals surface area contributed by atoms with Crippen LogP contribution in [0.4, 0.5) is 5.69 Å². The molecule has 0 spiro atoms. The van der Waals surface area contributed by atoms with Crippen molar-refractivity contribution in [1.29, 1.82) is 0 Å². The molecular weight excluding hydrogens is 346 g/mol. The molecule has 0 saturated carbocycles. The van der Waals surface area contributed by atoms with E-state index in [9.17, 15) is 0 Å². The summed E-state index contributed by atoms with van der Waals surface area (Å²) in [7, 11) is 0. The molecule has 1 aliphatic rings. The number of hydrogen-bond acceptors (Lipinski definition) is 4. The molecule has 1 heterocycles. The molecule has 138 valence electrons. The Bertz CT molecular complexity index is 673. The molecule has 1 fully saturated rings. The van der Waals surface area contributed by atoms with Crippen molar-refractivity contribution in [3.63, 3.8) is 0 Å². The van der Waals surface area contributed by atoms with Gasteiger partial charge in [-0.2, -0.15) is 0 Å². The van der Waals surface area contributed by atoms with Gasteiger partial charge in [0.15, 0.2) is 5.11 Å². The van der Waals surface area contributed by atoms with Crippen LogP contribution in [0.5, 0.6) is 5.75 Å². The van der Waals surface area contributed by atoms with Crippen LogP contribution in [-0.2, 0) is 11.3 Å². The Morgan fingerprint density at radius 3 is 2.50 bits per heavy atom. The number of benzene rings is 2. The van der Waals surface area contributed by atoms with E-state index >= 15 is 0 Å². The van der Waals surface area contributed by atoms with Crippen LogP contribution >= 0.6 is 12.2 Å². The maximum absolute atomic E-state index is 5.79. The van der Waals surface area contributed by atoms with Crippen molar-refractivity contribution >= 4 is 23.0 Å². The summed E-state index contributed by atoms with van der Waals surface area (Å²) in [6.07, 6.45) is 0. The molecule has 6 heteroatoms. The number of morpholine rings is 1. The van der Waals surface area contributed by atoms with Gasteiger partial charge < -0.3 is 20.1 Å². The third-order valence-electron chi connectivity index (χ3n) is 4.18. The van der Waals surface area contributed by atoms with Crippen LogP contribution in [0.15, 0.2) is 54.6 Å². The summed E-state index contributed by atoms with van der Waals surface area (Å²) in [4.78, 5) is 2.37. The second-order valence-corrected chi connectivity index (χ2v) is 6.54. The molecule has 26 heavy (non-hydrogen) atoms. The molecule has 0 unspecified atom stereocenters. The predicted octanol–water partition coefficient (Wildman–Crippen LogP) is 2.88. The highest BCUT2D eigenvalue weighted by molar-refractivity contribution is 7.80. The van der Waals surface area contributed by atoms with Crippen LogP contribution in [0.1, 0.15) is 5.56 Å². The first-order chi connectivity index (χ1) is 12.8. The van der Waals surface area contributed by atoms with Crippen LogP contribution in [0.3, 0.4) is 0 Å². The average Bonchev–Trinajstić information content (AvgIpc) is 2.69. The van der Waals surface area contributed by atoms with E-state index in [4.69, 9.17) is 21.7 Å². The number of hydrogen-bond donors (Lipinski definition) is 2. The summed E-state index contributed by atoms with van der Waals surface area (Å²) in [5.41, 5.74) is 2.10. The largest absolute Gasteiger partial charge is 0.489 e. The van der Waals surface area contributed by atoms with E-state index in [2.05, 4.69) is 27.7 Å². The third kappa shape index (κ3) is 6.29. The average molecular weight is 372 g/mol. The van der Waals surface area contributed by atoms with Crippen LogP contribution in [0.2, 0.25) is 0 Å². The summed E-state index contributed by atoms with van der Waals surface area (Å²) in [5, 5.41) is 7.08. The van der Waals surface area contributed by atoms with Crippen molar-refractivity contribution < 1.29 is 9.47 Å². The summed E-state index contributed by atoms with van der Waals surface area (Å²) in [6.45, 7) is 5.98. The molecule has 0 atom stereocenters. The summed E-state index contributed by atoms with van der Waals surface area (Å²) in [6, 6.07) is 18.0. The first-order valence-corrected chi connectivity index (χ1v) is 9.32. The van der Waals surface area contributed by atoms with Gasteiger partial charge in [0.05, 0.1) is 13.2 Å². The minimum atomic E-state index is 0.565. The lowest BCUT2D eigenvalue weighted by Crippen LogP contribution is -2.42. The fourth-order valence-electron chi connectivity index (χ4n) is 2.70. The minimum absolute atomic E-state index is 0.565. The van der Waals surface area contributed by atoms with Gasteiger partial charge in [0.1, 0.15) is 12.4 Å². The van der Waals surface area contributed by atoms with Gasteiger partial charge in [-0.25, -0.2) is 0 Å². The summed E-state index contributed by atoms with van der Waals surface area (Å²) in [5.74, 6) is 0.839. The van der Waals surface area contributed by atoms with Crippen molar-refractivity contribution in [3.05, 3.63) is 60.2 Å². The van der Waals surface area contributed by atoms with Crippen LogP contribution in [0.25, 0.3) is 0 Å². The standard InChI is InChI=1S/C20H25N3O2S/c26-20(21-10-11-23-12-14-24-15-13-23)22-18-6-8-19(9-7-18)25-16-17-4-2-1-3-5-17/h1-9H,10-16H2,(H2,21,22,26). The normalized spacial score (nSPS) is 14.6. The predicted molar refractivity (Wildman–Crippen MR) is 109 cm³/mol. The number of anilines is 1. The molecule has 5 nitrogen and oxygen atoms in total. The van der Waals surface area contributed by atoms with Gasteiger partial charge in [0.2, 0.25) is 0 Å². The second-order valence-electron chi connectivity index (χ2n) is 6.13. The van der Waals surface area contributed by atoms with Crippen molar-refractivity contribution in [3.8, 4) is 5.75 Å². The Morgan fingerprint density at radius 1 is 1.04 bits per heavy atom. The van der Waals surface area contributed by atoms with Gasteiger partial charge in [-0.15, -0.1) is 0 Å².